The van der Waals surface area contributed by atoms with E-state index in [2.05, 4.69) is 5.32 Å². The van der Waals surface area contributed by atoms with Crippen LogP contribution in [0, 0.1) is 0 Å². The molecule has 1 aliphatic heterocycles. The third-order valence-electron chi connectivity index (χ3n) is 5.53. The first-order chi connectivity index (χ1) is 9.69. The topological polar surface area (TPSA) is 41.6 Å². The Bertz CT molecular complexity index is 343. The third-order valence-corrected chi connectivity index (χ3v) is 5.53. The molecular formula is C16H28N2O2. The summed E-state index contributed by atoms with van der Waals surface area (Å²) in [5, 5.41) is 3.25. The molecule has 2 aliphatic carbocycles. The highest BCUT2D eigenvalue weighted by Gasteiger charge is 2.39. The van der Waals surface area contributed by atoms with Gasteiger partial charge in [0.15, 0.2) is 0 Å². The van der Waals surface area contributed by atoms with Crippen LogP contribution in [0.15, 0.2) is 0 Å². The second-order valence-corrected chi connectivity index (χ2v) is 6.93. The van der Waals surface area contributed by atoms with Crippen molar-refractivity contribution in [3.63, 3.8) is 0 Å². The summed E-state index contributed by atoms with van der Waals surface area (Å²) >= 11 is 0. The molecule has 1 N–H and O–H groups in total. The fourth-order valence-electron chi connectivity index (χ4n) is 3.91. The lowest BCUT2D eigenvalue weighted by Gasteiger charge is -2.44. The highest BCUT2D eigenvalue weighted by molar-refractivity contribution is 5.74. The van der Waals surface area contributed by atoms with E-state index in [1.165, 1.54) is 51.4 Å². The zero-order valence-corrected chi connectivity index (χ0v) is 12.7. The fraction of sp³-hybridized carbons (Fsp3) is 0.938. The Labute approximate surface area is 122 Å². The van der Waals surface area contributed by atoms with Crippen LogP contribution in [0.4, 0.5) is 4.79 Å². The maximum atomic E-state index is 12.3. The van der Waals surface area contributed by atoms with Gasteiger partial charge in [0.25, 0.3) is 0 Å². The lowest BCUT2D eigenvalue weighted by Crippen LogP contribution is -2.54. The summed E-state index contributed by atoms with van der Waals surface area (Å²) < 4.78 is 6.09. The normalized spacial score (nSPS) is 29.8. The first-order valence-electron chi connectivity index (χ1n) is 8.36. The molecule has 2 saturated carbocycles. The molecule has 1 spiro atoms. The molecule has 4 nitrogen and oxygen atoms in total. The summed E-state index contributed by atoms with van der Waals surface area (Å²) in [6, 6.07) is 0.892. The Hall–Kier alpha value is -0.770. The van der Waals surface area contributed by atoms with E-state index in [0.29, 0.717) is 12.1 Å². The summed E-state index contributed by atoms with van der Waals surface area (Å²) in [5.74, 6) is 0. The molecule has 114 valence electrons. The number of rotatable bonds is 2. The first-order valence-corrected chi connectivity index (χ1v) is 8.36. The van der Waals surface area contributed by atoms with Crippen LogP contribution in [-0.4, -0.2) is 42.3 Å². The monoisotopic (exact) mass is 280 g/mol. The van der Waals surface area contributed by atoms with Crippen molar-refractivity contribution in [1.82, 2.24) is 10.2 Å². The van der Waals surface area contributed by atoms with Crippen molar-refractivity contribution in [2.75, 3.05) is 13.7 Å². The fourth-order valence-corrected chi connectivity index (χ4v) is 3.91. The molecule has 0 aromatic rings. The van der Waals surface area contributed by atoms with Gasteiger partial charge in [0.05, 0.1) is 5.60 Å². The van der Waals surface area contributed by atoms with E-state index in [1.54, 1.807) is 0 Å². The minimum absolute atomic E-state index is 0.0729. The summed E-state index contributed by atoms with van der Waals surface area (Å²) in [6.07, 6.45) is 11.8. The molecule has 0 bridgehead atoms. The van der Waals surface area contributed by atoms with E-state index >= 15 is 0 Å². The van der Waals surface area contributed by atoms with Crippen molar-refractivity contribution in [3.05, 3.63) is 0 Å². The molecule has 3 fully saturated rings. The van der Waals surface area contributed by atoms with Gasteiger partial charge in [0.2, 0.25) is 0 Å². The van der Waals surface area contributed by atoms with E-state index in [1.807, 2.05) is 11.9 Å². The number of carbonyl (C=O) groups is 1. The minimum Gasteiger partial charge on any atom is -0.375 e. The van der Waals surface area contributed by atoms with E-state index in [9.17, 15) is 4.79 Å². The van der Waals surface area contributed by atoms with Gasteiger partial charge in [-0.15, -0.1) is 0 Å². The Balaban J connectivity index is 1.52. The first kappa shape index (κ1) is 14.2. The van der Waals surface area contributed by atoms with Gasteiger partial charge in [-0.2, -0.15) is 0 Å². The molecule has 0 radical (unpaired) electrons. The van der Waals surface area contributed by atoms with Gasteiger partial charge in [-0.25, -0.2) is 4.79 Å². The Morgan fingerprint density at radius 3 is 2.55 bits per heavy atom. The molecule has 1 saturated heterocycles. The Morgan fingerprint density at radius 1 is 1.15 bits per heavy atom. The SMILES string of the molecule is CN(C(=O)NC1CCOC2(CCCCC2)C1)C1CCC1. The van der Waals surface area contributed by atoms with Gasteiger partial charge < -0.3 is 15.0 Å². The van der Waals surface area contributed by atoms with Crippen molar-refractivity contribution >= 4 is 6.03 Å². The number of carbonyl (C=O) groups excluding carboxylic acids is 1. The standard InChI is InChI=1S/C16H28N2O2/c1-18(14-6-5-7-14)15(19)17-13-8-11-20-16(12-13)9-3-2-4-10-16/h13-14H,2-12H2,1H3,(H,17,19). The predicted octanol–water partition coefficient (Wildman–Crippen LogP) is 3.06. The van der Waals surface area contributed by atoms with Crippen molar-refractivity contribution < 1.29 is 9.53 Å². The average molecular weight is 280 g/mol. The molecule has 4 heteroatoms. The second kappa shape index (κ2) is 5.92. The van der Waals surface area contributed by atoms with Gasteiger partial charge in [-0.05, 0) is 44.9 Å². The summed E-state index contributed by atoms with van der Waals surface area (Å²) in [7, 11) is 1.94. The summed E-state index contributed by atoms with van der Waals surface area (Å²) in [6.45, 7) is 0.804. The Morgan fingerprint density at radius 2 is 1.90 bits per heavy atom. The summed E-state index contributed by atoms with van der Waals surface area (Å²) in [4.78, 5) is 14.2. The van der Waals surface area contributed by atoms with Crippen LogP contribution in [0.25, 0.3) is 0 Å². The predicted molar refractivity (Wildman–Crippen MR) is 78.7 cm³/mol. The van der Waals surface area contributed by atoms with Crippen LogP contribution in [0.1, 0.15) is 64.2 Å². The zero-order valence-electron chi connectivity index (χ0n) is 12.7. The number of amides is 2. The third kappa shape index (κ3) is 2.95. The number of hydrogen-bond acceptors (Lipinski definition) is 2. The number of nitrogens with one attached hydrogen (secondary N) is 1. The maximum absolute atomic E-state index is 12.3. The van der Waals surface area contributed by atoms with E-state index < -0.39 is 0 Å². The maximum Gasteiger partial charge on any atom is 0.317 e. The number of ether oxygens (including phenoxy) is 1. The van der Waals surface area contributed by atoms with Crippen LogP contribution < -0.4 is 5.32 Å². The molecule has 20 heavy (non-hydrogen) atoms. The molecule has 0 aromatic carbocycles. The number of hydrogen-bond donors (Lipinski definition) is 1. The highest BCUT2D eigenvalue weighted by Crippen LogP contribution is 2.38. The lowest BCUT2D eigenvalue weighted by atomic mass is 9.78. The molecule has 1 unspecified atom stereocenters. The second-order valence-electron chi connectivity index (χ2n) is 6.93. The van der Waals surface area contributed by atoms with Crippen molar-refractivity contribution in [2.24, 2.45) is 0 Å². The van der Waals surface area contributed by atoms with Gasteiger partial charge in [-0.3, -0.25) is 0 Å². The van der Waals surface area contributed by atoms with Gasteiger partial charge in [-0.1, -0.05) is 19.3 Å². The van der Waals surface area contributed by atoms with Gasteiger partial charge in [0, 0.05) is 25.7 Å². The van der Waals surface area contributed by atoms with Gasteiger partial charge >= 0.3 is 6.03 Å². The number of urea groups is 1. The van der Waals surface area contributed by atoms with Crippen molar-refractivity contribution in [2.45, 2.75) is 81.9 Å². The van der Waals surface area contributed by atoms with Crippen LogP contribution in [0.2, 0.25) is 0 Å². The zero-order chi connectivity index (χ0) is 14.0. The van der Waals surface area contributed by atoms with Crippen LogP contribution >= 0.6 is 0 Å². The Kier molecular flexibility index (Phi) is 4.20. The van der Waals surface area contributed by atoms with E-state index in [-0.39, 0.29) is 11.6 Å². The lowest BCUT2D eigenvalue weighted by molar-refractivity contribution is -0.108. The molecule has 3 aliphatic rings. The van der Waals surface area contributed by atoms with Crippen LogP contribution in [0.5, 0.6) is 0 Å². The van der Waals surface area contributed by atoms with E-state index in [0.717, 1.165) is 19.4 Å². The summed E-state index contributed by atoms with van der Waals surface area (Å²) in [5.41, 5.74) is 0.0729. The van der Waals surface area contributed by atoms with Crippen molar-refractivity contribution in [3.8, 4) is 0 Å². The van der Waals surface area contributed by atoms with Gasteiger partial charge in [0.1, 0.15) is 0 Å². The molecule has 1 atom stereocenters. The molecule has 0 aromatic heterocycles. The molecule has 2 amide bonds. The smallest absolute Gasteiger partial charge is 0.317 e. The van der Waals surface area contributed by atoms with Crippen LogP contribution in [-0.2, 0) is 4.74 Å². The molecular weight excluding hydrogens is 252 g/mol. The molecule has 3 rings (SSSR count). The van der Waals surface area contributed by atoms with E-state index in [4.69, 9.17) is 4.74 Å². The minimum atomic E-state index is 0.0729. The van der Waals surface area contributed by atoms with Crippen LogP contribution in [0.3, 0.4) is 0 Å². The van der Waals surface area contributed by atoms with Crippen molar-refractivity contribution in [1.29, 1.82) is 0 Å². The largest absolute Gasteiger partial charge is 0.375 e. The number of nitrogens with zero attached hydrogens (tertiary/aromatic N) is 1. The molecule has 1 heterocycles. The highest BCUT2D eigenvalue weighted by atomic mass is 16.5. The average Bonchev–Trinajstić information content (AvgIpc) is 2.37. The quantitative estimate of drug-likeness (QED) is 0.844.